The number of nitrogen functional groups attached to an aromatic ring is 1. The number of esters is 2. The van der Waals surface area contributed by atoms with E-state index >= 15 is 0 Å². The van der Waals surface area contributed by atoms with Crippen molar-refractivity contribution in [2.24, 2.45) is 0 Å². The Bertz CT molecular complexity index is 1030. The average Bonchev–Trinajstić information content (AvgIpc) is 2.80. The summed E-state index contributed by atoms with van der Waals surface area (Å²) < 4.78 is 14.7. The molecule has 3 rings (SSSR count). The number of anilines is 3. The highest BCUT2D eigenvalue weighted by Crippen LogP contribution is 2.18. The van der Waals surface area contributed by atoms with Crippen LogP contribution < -0.4 is 15.8 Å². The Morgan fingerprint density at radius 3 is 2.27 bits per heavy atom. The van der Waals surface area contributed by atoms with Gasteiger partial charge in [0.2, 0.25) is 5.95 Å². The Labute approximate surface area is 191 Å². The molecular formula is C23H26N4O6. The van der Waals surface area contributed by atoms with Crippen LogP contribution in [0.15, 0.2) is 60.9 Å². The second kappa shape index (κ2) is 13.2. The molecule has 0 unspecified atom stereocenters. The summed E-state index contributed by atoms with van der Waals surface area (Å²) in [6.07, 6.45) is 2.77. The Kier molecular flexibility index (Phi) is 9.94. The molecule has 0 saturated carbocycles. The van der Waals surface area contributed by atoms with E-state index in [4.69, 9.17) is 19.9 Å². The van der Waals surface area contributed by atoms with Crippen molar-refractivity contribution in [3.8, 4) is 11.5 Å². The van der Waals surface area contributed by atoms with Crippen LogP contribution in [0, 0.1) is 0 Å². The standard InChI is InChI=1S/C13H13N3O3.C10H13NO3/c1-2-19-12(18)9-7-14-13(15-8-9)16-10-4-3-5-11(17)6-10;1-2-13-10(12)7-14-9-5-3-8(11)4-6-9/h3-8,17H,2H2,1H3,(H,14,15,16);3-6H,2,7,11H2,1H3. The molecule has 0 atom stereocenters. The van der Waals surface area contributed by atoms with Gasteiger partial charge in [-0.05, 0) is 50.2 Å². The lowest BCUT2D eigenvalue weighted by Crippen LogP contribution is -2.14. The molecule has 33 heavy (non-hydrogen) atoms. The van der Waals surface area contributed by atoms with Gasteiger partial charge in [-0.25, -0.2) is 19.6 Å². The van der Waals surface area contributed by atoms with Gasteiger partial charge < -0.3 is 30.4 Å². The van der Waals surface area contributed by atoms with Crippen molar-refractivity contribution in [1.29, 1.82) is 0 Å². The number of nitrogens with zero attached hydrogens (tertiary/aromatic N) is 2. The minimum Gasteiger partial charge on any atom is -0.508 e. The van der Waals surface area contributed by atoms with Crippen LogP contribution in [-0.4, -0.2) is 46.8 Å². The van der Waals surface area contributed by atoms with Gasteiger partial charge >= 0.3 is 11.9 Å². The number of rotatable bonds is 8. The maximum atomic E-state index is 11.4. The molecule has 0 fully saturated rings. The summed E-state index contributed by atoms with van der Waals surface area (Å²) in [4.78, 5) is 30.3. The molecule has 0 aliphatic rings. The first-order chi connectivity index (χ1) is 15.9. The fraction of sp³-hybridized carbons (Fsp3) is 0.217. The van der Waals surface area contributed by atoms with Crippen LogP contribution in [0.1, 0.15) is 24.2 Å². The Balaban J connectivity index is 0.000000245. The van der Waals surface area contributed by atoms with Crippen LogP contribution in [0.5, 0.6) is 11.5 Å². The minimum absolute atomic E-state index is 0.0717. The Morgan fingerprint density at radius 1 is 1.00 bits per heavy atom. The molecule has 1 aromatic heterocycles. The van der Waals surface area contributed by atoms with Gasteiger partial charge in [0, 0.05) is 29.8 Å². The lowest BCUT2D eigenvalue weighted by molar-refractivity contribution is -0.145. The van der Waals surface area contributed by atoms with Crippen LogP contribution in [0.25, 0.3) is 0 Å². The first-order valence-electron chi connectivity index (χ1n) is 10.1. The number of hydrogen-bond acceptors (Lipinski definition) is 10. The lowest BCUT2D eigenvalue weighted by Gasteiger charge is -2.05. The highest BCUT2D eigenvalue weighted by molar-refractivity contribution is 5.88. The number of benzene rings is 2. The topological polar surface area (TPSA) is 146 Å². The molecule has 3 aromatic rings. The third kappa shape index (κ3) is 9.13. The molecule has 0 aliphatic carbocycles. The Hall–Kier alpha value is -4.34. The highest BCUT2D eigenvalue weighted by Gasteiger charge is 2.07. The lowest BCUT2D eigenvalue weighted by atomic mass is 10.3. The number of phenolic OH excluding ortho intramolecular Hbond substituents is 1. The molecule has 4 N–H and O–H groups in total. The van der Waals surface area contributed by atoms with Crippen LogP contribution in [0.4, 0.5) is 17.3 Å². The van der Waals surface area contributed by atoms with Crippen molar-refractivity contribution in [1.82, 2.24) is 9.97 Å². The van der Waals surface area contributed by atoms with Crippen molar-refractivity contribution in [2.75, 3.05) is 30.9 Å². The first-order valence-corrected chi connectivity index (χ1v) is 10.1. The number of carbonyl (C=O) groups is 2. The minimum atomic E-state index is -0.452. The first kappa shape index (κ1) is 24.9. The number of aromatic hydroxyl groups is 1. The second-order valence-corrected chi connectivity index (χ2v) is 6.35. The van der Waals surface area contributed by atoms with Crippen molar-refractivity contribution in [2.45, 2.75) is 13.8 Å². The summed E-state index contributed by atoms with van der Waals surface area (Å²) in [7, 11) is 0. The number of carbonyl (C=O) groups excluding carboxylic acids is 2. The molecule has 0 bridgehead atoms. The molecule has 10 nitrogen and oxygen atoms in total. The average molecular weight is 454 g/mol. The zero-order valence-electron chi connectivity index (χ0n) is 18.4. The van der Waals surface area contributed by atoms with Crippen molar-refractivity contribution in [3.05, 3.63) is 66.5 Å². The molecule has 174 valence electrons. The van der Waals surface area contributed by atoms with E-state index in [-0.39, 0.29) is 18.3 Å². The van der Waals surface area contributed by atoms with E-state index in [1.54, 1.807) is 62.4 Å². The normalized spacial score (nSPS) is 9.76. The second-order valence-electron chi connectivity index (χ2n) is 6.35. The molecule has 0 spiro atoms. The van der Waals surface area contributed by atoms with E-state index < -0.39 is 5.97 Å². The summed E-state index contributed by atoms with van der Waals surface area (Å²) >= 11 is 0. The van der Waals surface area contributed by atoms with E-state index in [9.17, 15) is 14.7 Å². The molecule has 0 amide bonds. The van der Waals surface area contributed by atoms with E-state index in [1.165, 1.54) is 12.4 Å². The smallest absolute Gasteiger partial charge is 0.344 e. The third-order valence-corrected chi connectivity index (χ3v) is 3.81. The molecule has 2 aromatic carbocycles. The van der Waals surface area contributed by atoms with E-state index in [0.717, 1.165) is 0 Å². The summed E-state index contributed by atoms with van der Waals surface area (Å²) in [5, 5.41) is 12.2. The van der Waals surface area contributed by atoms with Gasteiger partial charge in [0.25, 0.3) is 0 Å². The van der Waals surface area contributed by atoms with Crippen LogP contribution in [-0.2, 0) is 14.3 Å². The van der Waals surface area contributed by atoms with Crippen LogP contribution >= 0.6 is 0 Å². The van der Waals surface area contributed by atoms with Gasteiger partial charge in [-0.15, -0.1) is 0 Å². The summed E-state index contributed by atoms with van der Waals surface area (Å²) in [5.41, 5.74) is 7.09. The largest absolute Gasteiger partial charge is 0.508 e. The monoisotopic (exact) mass is 454 g/mol. The molecule has 10 heteroatoms. The predicted molar refractivity (Wildman–Crippen MR) is 122 cm³/mol. The van der Waals surface area contributed by atoms with Crippen molar-refractivity contribution < 1.29 is 28.9 Å². The molecule has 0 radical (unpaired) electrons. The number of nitrogens with two attached hydrogens (primary N) is 1. The van der Waals surface area contributed by atoms with E-state index in [1.807, 2.05) is 0 Å². The zero-order chi connectivity index (χ0) is 24.1. The van der Waals surface area contributed by atoms with E-state index in [0.29, 0.717) is 41.8 Å². The van der Waals surface area contributed by atoms with Gasteiger partial charge in [-0.1, -0.05) is 6.07 Å². The van der Waals surface area contributed by atoms with Crippen molar-refractivity contribution in [3.63, 3.8) is 0 Å². The predicted octanol–water partition coefficient (Wildman–Crippen LogP) is 3.31. The molecule has 0 aliphatic heterocycles. The molecule has 1 heterocycles. The summed E-state index contributed by atoms with van der Waals surface area (Å²) in [6, 6.07) is 13.4. The Morgan fingerprint density at radius 2 is 1.67 bits per heavy atom. The number of ether oxygens (including phenoxy) is 3. The number of nitrogens with one attached hydrogen (secondary N) is 1. The van der Waals surface area contributed by atoms with E-state index in [2.05, 4.69) is 15.3 Å². The number of phenols is 1. The number of hydrogen-bond donors (Lipinski definition) is 3. The molecular weight excluding hydrogens is 428 g/mol. The fourth-order valence-electron chi connectivity index (χ4n) is 2.33. The van der Waals surface area contributed by atoms with Gasteiger partial charge in [0.1, 0.15) is 11.5 Å². The van der Waals surface area contributed by atoms with Gasteiger partial charge in [0.05, 0.1) is 18.8 Å². The van der Waals surface area contributed by atoms with Crippen LogP contribution in [0.3, 0.4) is 0 Å². The fourth-order valence-corrected chi connectivity index (χ4v) is 2.33. The maximum absolute atomic E-state index is 11.4. The maximum Gasteiger partial charge on any atom is 0.344 e. The summed E-state index contributed by atoms with van der Waals surface area (Å²) in [6.45, 7) is 4.08. The highest BCUT2D eigenvalue weighted by atomic mass is 16.6. The number of aromatic nitrogens is 2. The van der Waals surface area contributed by atoms with Crippen LogP contribution in [0.2, 0.25) is 0 Å². The van der Waals surface area contributed by atoms with Gasteiger partial charge in [-0.3, -0.25) is 0 Å². The zero-order valence-corrected chi connectivity index (χ0v) is 18.4. The van der Waals surface area contributed by atoms with Gasteiger partial charge in [-0.2, -0.15) is 0 Å². The summed E-state index contributed by atoms with van der Waals surface area (Å²) in [5.74, 6) is 0.259. The quantitative estimate of drug-likeness (QED) is 0.342. The van der Waals surface area contributed by atoms with Crippen molar-refractivity contribution >= 4 is 29.3 Å². The molecule has 0 saturated heterocycles. The SMILES string of the molecule is CCOC(=O)COc1ccc(N)cc1.CCOC(=O)c1cnc(Nc2cccc(O)c2)nc1. The third-order valence-electron chi connectivity index (χ3n) is 3.81. The van der Waals surface area contributed by atoms with Gasteiger partial charge in [0.15, 0.2) is 6.61 Å².